The maximum atomic E-state index is 13.6. The van der Waals surface area contributed by atoms with Crippen LogP contribution in [0.2, 0.25) is 14.5 Å². The summed E-state index contributed by atoms with van der Waals surface area (Å²) in [5, 5.41) is 14.0. The van der Waals surface area contributed by atoms with Crippen LogP contribution in [0.25, 0.3) is 11.1 Å². The fourth-order valence-electron chi connectivity index (χ4n) is 3.77. The summed E-state index contributed by atoms with van der Waals surface area (Å²) < 4.78 is 3.70. The van der Waals surface area contributed by atoms with Crippen LogP contribution in [0, 0.1) is 0 Å². The van der Waals surface area contributed by atoms with E-state index >= 15 is 0 Å². The molecule has 0 saturated heterocycles. The molecule has 0 bridgehead atoms. The van der Waals surface area contributed by atoms with E-state index in [1.165, 1.54) is 11.3 Å². The van der Waals surface area contributed by atoms with Crippen molar-refractivity contribution in [2.24, 2.45) is 0 Å². The Kier molecular flexibility index (Phi) is 5.50. The number of halogens is 3. The van der Waals surface area contributed by atoms with Gasteiger partial charge < -0.3 is 5.11 Å². The first-order valence-corrected chi connectivity index (χ1v) is 11.0. The van der Waals surface area contributed by atoms with E-state index in [-0.39, 0.29) is 23.0 Å². The highest BCUT2D eigenvalue weighted by Gasteiger charge is 2.42. The summed E-state index contributed by atoms with van der Waals surface area (Å²) in [6.45, 7) is 5.51. The van der Waals surface area contributed by atoms with Gasteiger partial charge in [0.1, 0.15) is 6.54 Å². The van der Waals surface area contributed by atoms with Crippen LogP contribution in [-0.2, 0) is 6.54 Å². The van der Waals surface area contributed by atoms with Crippen molar-refractivity contribution in [3.63, 3.8) is 0 Å². The van der Waals surface area contributed by atoms with E-state index in [1.807, 2.05) is 18.7 Å². The molecule has 1 aromatic carbocycles. The monoisotopic (exact) mass is 470 g/mol. The quantitative estimate of drug-likeness (QED) is 0.544. The van der Waals surface area contributed by atoms with Crippen molar-refractivity contribution in [3.8, 4) is 17.0 Å². The van der Waals surface area contributed by atoms with Crippen molar-refractivity contribution in [2.75, 3.05) is 18.0 Å². The molecule has 29 heavy (non-hydrogen) atoms. The number of thiazole rings is 1. The molecule has 0 N–H and O–H groups in total. The number of fused-ring (bicyclic) bond motifs is 1. The van der Waals surface area contributed by atoms with Crippen LogP contribution in [0.15, 0.2) is 29.2 Å². The maximum absolute atomic E-state index is 13.6. The molecular formula is C19H17Cl3N4O2S. The lowest BCUT2D eigenvalue weighted by atomic mass is 10.1. The van der Waals surface area contributed by atoms with Gasteiger partial charge in [-0.2, -0.15) is 4.57 Å². The molecule has 1 aliphatic rings. The van der Waals surface area contributed by atoms with E-state index in [0.717, 1.165) is 4.88 Å². The van der Waals surface area contributed by atoms with Gasteiger partial charge >= 0.3 is 11.5 Å². The predicted octanol–water partition coefficient (Wildman–Crippen LogP) is 3.74. The smallest absolute Gasteiger partial charge is 0.362 e. The van der Waals surface area contributed by atoms with E-state index < -0.39 is 0 Å². The molecular weight excluding hydrogens is 455 g/mol. The molecule has 0 spiro atoms. The summed E-state index contributed by atoms with van der Waals surface area (Å²) in [5.41, 5.74) is 0.0862. The highest BCUT2D eigenvalue weighted by atomic mass is 35.5. The second-order valence-electron chi connectivity index (χ2n) is 6.63. The molecule has 10 heteroatoms. The molecule has 4 rings (SSSR count). The molecule has 0 amide bonds. The SMILES string of the molecule is CCN1CC(c2cnc(Cl)s2)n2c1[n+](CC)c([O-])c(-c1cc(Cl)cc(Cl)c1)c2=O. The number of hydrogen-bond donors (Lipinski definition) is 0. The zero-order valence-electron chi connectivity index (χ0n) is 15.7. The Morgan fingerprint density at radius 1 is 1.24 bits per heavy atom. The van der Waals surface area contributed by atoms with Gasteiger partial charge in [0, 0.05) is 22.1 Å². The van der Waals surface area contributed by atoms with E-state index in [2.05, 4.69) is 4.98 Å². The first-order chi connectivity index (χ1) is 13.8. The number of nitrogens with zero attached hydrogens (tertiary/aromatic N) is 4. The Balaban J connectivity index is 2.05. The summed E-state index contributed by atoms with van der Waals surface area (Å²) >= 11 is 19.6. The average molecular weight is 472 g/mol. The van der Waals surface area contributed by atoms with Gasteiger partial charge in [0.05, 0.1) is 23.5 Å². The van der Waals surface area contributed by atoms with Gasteiger partial charge in [0.2, 0.25) is 0 Å². The fraction of sp³-hybridized carbons (Fsp3) is 0.316. The largest absolute Gasteiger partial charge is 0.848 e. The zero-order chi connectivity index (χ0) is 20.9. The molecule has 2 aromatic heterocycles. The Morgan fingerprint density at radius 2 is 1.93 bits per heavy atom. The minimum absolute atomic E-state index is 0.0542. The molecule has 0 aliphatic carbocycles. The van der Waals surface area contributed by atoms with Crippen LogP contribution >= 0.6 is 46.1 Å². The third kappa shape index (κ3) is 3.40. The average Bonchev–Trinajstić information content (AvgIpc) is 3.25. The van der Waals surface area contributed by atoms with Gasteiger partial charge in [-0.15, -0.1) is 11.3 Å². The van der Waals surface area contributed by atoms with Crippen molar-refractivity contribution >= 4 is 52.1 Å². The predicted molar refractivity (Wildman–Crippen MR) is 115 cm³/mol. The molecule has 3 aromatic rings. The first-order valence-electron chi connectivity index (χ1n) is 9.07. The van der Waals surface area contributed by atoms with Gasteiger partial charge in [-0.1, -0.05) is 34.8 Å². The molecule has 0 saturated carbocycles. The zero-order valence-corrected chi connectivity index (χ0v) is 18.7. The van der Waals surface area contributed by atoms with Crippen molar-refractivity contribution in [1.29, 1.82) is 0 Å². The normalized spacial score (nSPS) is 15.8. The van der Waals surface area contributed by atoms with Crippen molar-refractivity contribution < 1.29 is 9.67 Å². The van der Waals surface area contributed by atoms with Crippen LogP contribution in [0.5, 0.6) is 5.88 Å². The number of rotatable bonds is 4. The van der Waals surface area contributed by atoms with Crippen LogP contribution in [-0.4, -0.2) is 22.6 Å². The van der Waals surface area contributed by atoms with Crippen molar-refractivity contribution in [1.82, 2.24) is 9.55 Å². The van der Waals surface area contributed by atoms with Gasteiger partial charge in [-0.05, 0) is 37.6 Å². The van der Waals surface area contributed by atoms with E-state index in [0.29, 0.717) is 45.7 Å². The molecule has 0 fully saturated rings. The Labute approximate surface area is 186 Å². The molecule has 1 unspecified atom stereocenters. The Morgan fingerprint density at radius 3 is 2.48 bits per heavy atom. The van der Waals surface area contributed by atoms with E-state index in [9.17, 15) is 9.90 Å². The van der Waals surface area contributed by atoms with E-state index in [4.69, 9.17) is 34.8 Å². The standard InChI is InChI=1S/C19H17Cl3N4O2S/c1-3-24-9-13(14-8-23-18(22)29-14)26-17(28)15(16(27)25(4-2)19(24)26)10-5-11(20)7-12(21)6-10/h5-8,13H,3-4,9H2,1-2H3. The summed E-state index contributed by atoms with van der Waals surface area (Å²) in [7, 11) is 0. The third-order valence-corrected chi connectivity index (χ3v) is 6.66. The highest BCUT2D eigenvalue weighted by molar-refractivity contribution is 7.15. The first kappa shape index (κ1) is 20.5. The number of aromatic nitrogens is 3. The minimum atomic E-state index is -0.376. The van der Waals surface area contributed by atoms with Crippen molar-refractivity contribution in [2.45, 2.75) is 26.4 Å². The summed E-state index contributed by atoms with van der Waals surface area (Å²) in [6, 6.07) is 4.46. The van der Waals surface area contributed by atoms with Crippen LogP contribution < -0.4 is 20.1 Å². The highest BCUT2D eigenvalue weighted by Crippen LogP contribution is 2.36. The van der Waals surface area contributed by atoms with Crippen LogP contribution in [0.4, 0.5) is 5.95 Å². The summed E-state index contributed by atoms with van der Waals surface area (Å²) in [5.74, 6) is 0.236. The van der Waals surface area contributed by atoms with Crippen LogP contribution in [0.3, 0.4) is 0 Å². The number of hydrogen-bond acceptors (Lipinski definition) is 5. The van der Waals surface area contributed by atoms with Gasteiger partial charge in [0.25, 0.3) is 0 Å². The molecule has 6 nitrogen and oxygen atoms in total. The molecule has 1 atom stereocenters. The van der Waals surface area contributed by atoms with Gasteiger partial charge in [0.15, 0.2) is 10.5 Å². The third-order valence-electron chi connectivity index (χ3n) is 5.01. The maximum Gasteiger partial charge on any atom is 0.362 e. The lowest BCUT2D eigenvalue weighted by Crippen LogP contribution is -2.47. The second kappa shape index (κ2) is 7.80. The van der Waals surface area contributed by atoms with Gasteiger partial charge in [-0.25, -0.2) is 9.55 Å². The molecule has 3 heterocycles. The number of likely N-dealkylation sites (N-methyl/N-ethyl adjacent to an activating group) is 1. The molecule has 152 valence electrons. The Hall–Kier alpha value is -1.80. The lowest BCUT2D eigenvalue weighted by Gasteiger charge is -2.21. The van der Waals surface area contributed by atoms with E-state index in [1.54, 1.807) is 33.5 Å². The summed E-state index contributed by atoms with van der Waals surface area (Å²) in [4.78, 5) is 20.6. The summed E-state index contributed by atoms with van der Waals surface area (Å²) in [6.07, 6.45) is 1.68. The second-order valence-corrected chi connectivity index (χ2v) is 9.14. The molecule has 0 radical (unpaired) electrons. The topological polar surface area (TPSA) is 65.1 Å². The minimum Gasteiger partial charge on any atom is -0.848 e. The van der Waals surface area contributed by atoms with Crippen LogP contribution in [0.1, 0.15) is 24.8 Å². The molecule has 1 aliphatic heterocycles. The number of benzene rings is 1. The van der Waals surface area contributed by atoms with Crippen molar-refractivity contribution in [3.05, 3.63) is 54.1 Å². The fourth-order valence-corrected chi connectivity index (χ4v) is 5.33. The number of anilines is 1. The van der Waals surface area contributed by atoms with Gasteiger partial charge in [-0.3, -0.25) is 9.69 Å². The lowest BCUT2D eigenvalue weighted by molar-refractivity contribution is -0.723. The Bertz CT molecular complexity index is 1140.